The Morgan fingerprint density at radius 2 is 1.67 bits per heavy atom. The lowest BCUT2D eigenvalue weighted by Gasteiger charge is -2.11. The number of ether oxygens (including phenoxy) is 2. The molecule has 3 nitrogen and oxygen atoms in total. The summed E-state index contributed by atoms with van der Waals surface area (Å²) in [7, 11) is 0. The van der Waals surface area contributed by atoms with E-state index in [1.807, 2.05) is 30.3 Å². The van der Waals surface area contributed by atoms with E-state index in [4.69, 9.17) is 9.47 Å². The highest BCUT2D eigenvalue weighted by molar-refractivity contribution is 9.11. The summed E-state index contributed by atoms with van der Waals surface area (Å²) >= 11 is 6.78. The van der Waals surface area contributed by atoms with Crippen molar-refractivity contribution in [2.45, 2.75) is 6.92 Å². The highest BCUT2D eigenvalue weighted by Gasteiger charge is 2.11. The lowest BCUT2D eigenvalue weighted by atomic mass is 10.1. The first kappa shape index (κ1) is 16.0. The Hall–Kier alpha value is -1.33. The summed E-state index contributed by atoms with van der Waals surface area (Å²) in [5.41, 5.74) is 0.620. The molecule has 0 atom stereocenters. The quantitative estimate of drug-likeness (QED) is 0.500. The zero-order chi connectivity index (χ0) is 15.2. The lowest BCUT2D eigenvalue weighted by Crippen LogP contribution is -2.09. The molecule has 2 aromatic carbocycles. The molecule has 0 saturated heterocycles. The largest absolute Gasteiger partial charge is 0.490 e. The van der Waals surface area contributed by atoms with Crippen molar-refractivity contribution in [3.8, 4) is 11.5 Å². The van der Waals surface area contributed by atoms with Crippen LogP contribution >= 0.6 is 31.9 Å². The highest BCUT2D eigenvalue weighted by Crippen LogP contribution is 2.32. The molecule has 0 aromatic heterocycles. The molecular weight excluding hydrogens is 400 g/mol. The summed E-state index contributed by atoms with van der Waals surface area (Å²) in [4.78, 5) is 11.4. The molecule has 0 amide bonds. The first-order chi connectivity index (χ1) is 10.1. The van der Waals surface area contributed by atoms with Gasteiger partial charge in [-0.25, -0.2) is 0 Å². The molecule has 0 fully saturated rings. The van der Waals surface area contributed by atoms with Crippen LogP contribution < -0.4 is 9.47 Å². The molecule has 0 unspecified atom stereocenters. The van der Waals surface area contributed by atoms with Crippen molar-refractivity contribution in [2.75, 3.05) is 13.2 Å². The molecular formula is C16H14Br2O3. The number of carbonyl (C=O) groups excluding carboxylic acids is 1. The summed E-state index contributed by atoms with van der Waals surface area (Å²) in [5.74, 6) is 1.48. The summed E-state index contributed by atoms with van der Waals surface area (Å²) in [6.07, 6.45) is 0. The van der Waals surface area contributed by atoms with Gasteiger partial charge < -0.3 is 9.47 Å². The van der Waals surface area contributed by atoms with Gasteiger partial charge in [-0.1, -0.05) is 18.2 Å². The van der Waals surface area contributed by atoms with Gasteiger partial charge in [0, 0.05) is 10.0 Å². The molecule has 0 heterocycles. The molecule has 0 N–H and O–H groups in total. The zero-order valence-electron chi connectivity index (χ0n) is 11.4. The second kappa shape index (κ2) is 7.61. The van der Waals surface area contributed by atoms with Gasteiger partial charge >= 0.3 is 0 Å². The molecule has 0 aliphatic carbocycles. The van der Waals surface area contributed by atoms with Crippen LogP contribution in [0.3, 0.4) is 0 Å². The molecule has 0 bridgehead atoms. The van der Waals surface area contributed by atoms with Gasteiger partial charge in [-0.15, -0.1) is 0 Å². The molecule has 0 aliphatic rings. The molecule has 2 rings (SSSR count). The summed E-state index contributed by atoms with van der Waals surface area (Å²) in [5, 5.41) is 0. The van der Waals surface area contributed by atoms with Crippen molar-refractivity contribution >= 4 is 37.6 Å². The van der Waals surface area contributed by atoms with Crippen molar-refractivity contribution in [1.29, 1.82) is 0 Å². The van der Waals surface area contributed by atoms with Crippen LogP contribution in [-0.2, 0) is 0 Å². The number of Topliss-reactive ketones (excluding diaryl/α,β-unsaturated/α-hetero) is 1. The third kappa shape index (κ3) is 4.58. The standard InChI is InChI=1S/C16H14Br2O3/c1-11(19)13-9-15(18)16(10-14(13)17)21-8-7-20-12-5-3-2-4-6-12/h2-6,9-10H,7-8H2,1H3. The minimum absolute atomic E-state index is 0.00142. The van der Waals surface area contributed by atoms with E-state index in [0.29, 0.717) is 24.5 Å². The molecule has 2 aromatic rings. The van der Waals surface area contributed by atoms with Crippen LogP contribution in [0.25, 0.3) is 0 Å². The van der Waals surface area contributed by atoms with Gasteiger partial charge in [0.2, 0.25) is 0 Å². The van der Waals surface area contributed by atoms with Gasteiger partial charge in [0.1, 0.15) is 24.7 Å². The first-order valence-electron chi connectivity index (χ1n) is 6.38. The maximum absolute atomic E-state index is 11.4. The SMILES string of the molecule is CC(=O)c1cc(Br)c(OCCOc2ccccc2)cc1Br. The van der Waals surface area contributed by atoms with Crippen LogP contribution in [0.5, 0.6) is 11.5 Å². The Bertz CT molecular complexity index is 627. The molecule has 110 valence electrons. The predicted molar refractivity (Wildman–Crippen MR) is 89.3 cm³/mol. The van der Waals surface area contributed by atoms with Crippen molar-refractivity contribution in [2.24, 2.45) is 0 Å². The van der Waals surface area contributed by atoms with Crippen LogP contribution in [0.2, 0.25) is 0 Å². The molecule has 0 radical (unpaired) electrons. The fraction of sp³-hybridized carbons (Fsp3) is 0.188. The summed E-state index contributed by atoms with van der Waals surface area (Å²) in [6.45, 7) is 2.39. The number of ketones is 1. The molecule has 0 spiro atoms. The van der Waals surface area contributed by atoms with E-state index in [0.717, 1.165) is 14.7 Å². The van der Waals surface area contributed by atoms with Crippen LogP contribution in [0.1, 0.15) is 17.3 Å². The minimum atomic E-state index is 0.00142. The number of para-hydroxylation sites is 1. The normalized spacial score (nSPS) is 10.2. The Labute approximate surface area is 140 Å². The molecule has 21 heavy (non-hydrogen) atoms. The van der Waals surface area contributed by atoms with E-state index in [9.17, 15) is 4.79 Å². The van der Waals surface area contributed by atoms with Gasteiger partial charge in [0.25, 0.3) is 0 Å². The lowest BCUT2D eigenvalue weighted by molar-refractivity contribution is 0.101. The van der Waals surface area contributed by atoms with E-state index in [1.165, 1.54) is 6.92 Å². The van der Waals surface area contributed by atoms with Gasteiger partial charge in [-0.3, -0.25) is 4.79 Å². The third-order valence-corrected chi connectivity index (χ3v) is 4.03. The summed E-state index contributed by atoms with van der Waals surface area (Å²) < 4.78 is 12.7. The topological polar surface area (TPSA) is 35.5 Å². The molecule has 5 heteroatoms. The van der Waals surface area contributed by atoms with Gasteiger partial charge in [0.05, 0.1) is 4.47 Å². The average Bonchev–Trinajstić information content (AvgIpc) is 2.47. The van der Waals surface area contributed by atoms with E-state index in [-0.39, 0.29) is 5.78 Å². The van der Waals surface area contributed by atoms with Crippen LogP contribution in [0.15, 0.2) is 51.4 Å². The number of hydrogen-bond acceptors (Lipinski definition) is 3. The molecule has 0 saturated carbocycles. The number of carbonyl (C=O) groups is 1. The van der Waals surface area contributed by atoms with Crippen molar-refractivity contribution in [3.63, 3.8) is 0 Å². The Balaban J connectivity index is 1.92. The van der Waals surface area contributed by atoms with Gasteiger partial charge in [0.15, 0.2) is 5.78 Å². The van der Waals surface area contributed by atoms with Crippen molar-refractivity contribution < 1.29 is 14.3 Å². The average molecular weight is 414 g/mol. The Morgan fingerprint density at radius 3 is 2.33 bits per heavy atom. The molecule has 0 aliphatic heterocycles. The van der Waals surface area contributed by atoms with Crippen molar-refractivity contribution in [3.05, 3.63) is 57.0 Å². The second-order valence-corrected chi connectivity index (χ2v) is 6.04. The van der Waals surface area contributed by atoms with Crippen LogP contribution in [0.4, 0.5) is 0 Å². The first-order valence-corrected chi connectivity index (χ1v) is 7.97. The fourth-order valence-corrected chi connectivity index (χ4v) is 2.80. The van der Waals surface area contributed by atoms with E-state index in [1.54, 1.807) is 12.1 Å². The van der Waals surface area contributed by atoms with E-state index < -0.39 is 0 Å². The fourth-order valence-electron chi connectivity index (χ4n) is 1.74. The second-order valence-electron chi connectivity index (χ2n) is 4.33. The van der Waals surface area contributed by atoms with E-state index >= 15 is 0 Å². The van der Waals surface area contributed by atoms with E-state index in [2.05, 4.69) is 31.9 Å². The van der Waals surface area contributed by atoms with Gasteiger partial charge in [-0.05, 0) is 63.0 Å². The number of hydrogen-bond donors (Lipinski definition) is 0. The van der Waals surface area contributed by atoms with Gasteiger partial charge in [-0.2, -0.15) is 0 Å². The number of benzene rings is 2. The van der Waals surface area contributed by atoms with Crippen LogP contribution in [0, 0.1) is 0 Å². The predicted octanol–water partition coefficient (Wildman–Crippen LogP) is 4.87. The third-order valence-electron chi connectivity index (χ3n) is 2.75. The minimum Gasteiger partial charge on any atom is -0.490 e. The summed E-state index contributed by atoms with van der Waals surface area (Å²) in [6, 6.07) is 13.1. The Morgan fingerprint density at radius 1 is 1.00 bits per heavy atom. The monoisotopic (exact) mass is 412 g/mol. The number of halogens is 2. The highest BCUT2D eigenvalue weighted by atomic mass is 79.9. The Kier molecular flexibility index (Phi) is 5.82. The smallest absolute Gasteiger partial charge is 0.160 e. The maximum Gasteiger partial charge on any atom is 0.160 e. The van der Waals surface area contributed by atoms with Crippen molar-refractivity contribution in [1.82, 2.24) is 0 Å². The zero-order valence-corrected chi connectivity index (χ0v) is 14.6. The van der Waals surface area contributed by atoms with Crippen LogP contribution in [-0.4, -0.2) is 19.0 Å². The number of rotatable bonds is 6. The maximum atomic E-state index is 11.4.